The predicted octanol–water partition coefficient (Wildman–Crippen LogP) is 5.47. The smallest absolute Gasteiger partial charge is 0.264 e. The van der Waals surface area contributed by atoms with E-state index in [1.165, 1.54) is 11.3 Å². The molecule has 0 saturated carbocycles. The Kier molecular flexibility index (Phi) is 7.83. The molecule has 2 aromatic carbocycles. The van der Waals surface area contributed by atoms with Gasteiger partial charge in [-0.3, -0.25) is 4.55 Å². The molecule has 0 spiro atoms. The Morgan fingerprint density at radius 3 is 2.38 bits per heavy atom. The summed E-state index contributed by atoms with van der Waals surface area (Å²) in [6.07, 6.45) is 13.1. The third-order valence-electron chi connectivity index (χ3n) is 5.54. The number of hydrogen-bond donors (Lipinski definition) is 2. The maximum Gasteiger partial charge on any atom is 0.264 e. The van der Waals surface area contributed by atoms with E-state index >= 15 is 0 Å². The number of benzene rings is 2. The number of rotatable bonds is 10. The fraction of sp³-hybridized carbons (Fsp3) is 0.269. The van der Waals surface area contributed by atoms with Gasteiger partial charge in [-0.1, -0.05) is 54.6 Å². The minimum absolute atomic E-state index is 0.158. The lowest BCUT2D eigenvalue weighted by Gasteiger charge is -2.15. The quantitative estimate of drug-likeness (QED) is 0.218. The molecule has 2 N–H and O–H groups in total. The number of hydrogen-bond acceptors (Lipinski definition) is 3. The number of unbranched alkanes of at least 4 members (excludes halogenated alkanes) is 1. The zero-order valence-electron chi connectivity index (χ0n) is 18.6. The highest BCUT2D eigenvalue weighted by Gasteiger charge is 2.43. The molecule has 1 aliphatic heterocycles. The average molecular weight is 452 g/mol. The lowest BCUT2D eigenvalue weighted by molar-refractivity contribution is -0.438. The van der Waals surface area contributed by atoms with Gasteiger partial charge in [-0.2, -0.15) is 13.0 Å². The fourth-order valence-electron chi connectivity index (χ4n) is 3.95. The summed E-state index contributed by atoms with van der Waals surface area (Å²) in [5.74, 6) is -0.205. The maximum absolute atomic E-state index is 11.0. The van der Waals surface area contributed by atoms with E-state index in [2.05, 4.69) is 41.9 Å². The Labute approximate surface area is 191 Å². The van der Waals surface area contributed by atoms with E-state index < -0.39 is 10.1 Å². The Balaban J connectivity index is 1.71. The highest BCUT2D eigenvalue weighted by molar-refractivity contribution is 7.85. The second-order valence-corrected chi connectivity index (χ2v) is 9.86. The van der Waals surface area contributed by atoms with E-state index in [1.54, 1.807) is 0 Å². The lowest BCUT2D eigenvalue weighted by atomic mass is 9.81. The van der Waals surface area contributed by atoms with Gasteiger partial charge in [-0.15, -0.1) is 0 Å². The van der Waals surface area contributed by atoms with Crippen LogP contribution in [0.3, 0.4) is 0 Å². The molecule has 0 aromatic heterocycles. The van der Waals surface area contributed by atoms with Gasteiger partial charge in [-0.25, -0.2) is 0 Å². The van der Waals surface area contributed by atoms with Crippen LogP contribution in [0.2, 0.25) is 0 Å². The number of para-hydroxylation sites is 2. The molecule has 0 unspecified atom stereocenters. The standard InChI is InChI=1S/C26H30N2O3S/c1-26(2)23-16-9-10-17-24(23)28(20-12-13-21-32(29,30)31)25(26)18-8-3-4-11-19-27-22-14-6-5-7-15-22/h3-11,14-19H,12-13,20-21H2,1-2H3,(H,29,30,31)/p+1. The normalized spacial score (nSPS) is 15.8. The van der Waals surface area contributed by atoms with E-state index in [1.807, 2.05) is 73.0 Å². The third kappa shape index (κ3) is 6.28. The molecule has 0 fully saturated rings. The highest BCUT2D eigenvalue weighted by Crippen LogP contribution is 2.39. The van der Waals surface area contributed by atoms with Crippen LogP contribution in [0.25, 0.3) is 0 Å². The van der Waals surface area contributed by atoms with Gasteiger partial charge in [0.05, 0.1) is 11.2 Å². The van der Waals surface area contributed by atoms with E-state index in [0.717, 1.165) is 11.4 Å². The first-order valence-corrected chi connectivity index (χ1v) is 12.4. The number of anilines is 1. The van der Waals surface area contributed by atoms with E-state index in [0.29, 0.717) is 19.4 Å². The van der Waals surface area contributed by atoms with Crippen LogP contribution in [0.15, 0.2) is 91.2 Å². The summed E-state index contributed by atoms with van der Waals surface area (Å²) in [7, 11) is -3.92. The van der Waals surface area contributed by atoms with Crippen molar-refractivity contribution in [2.75, 3.05) is 17.6 Å². The van der Waals surface area contributed by atoms with Crippen molar-refractivity contribution in [2.24, 2.45) is 0 Å². The summed E-state index contributed by atoms with van der Waals surface area (Å²) < 4.78 is 33.3. The molecule has 3 rings (SSSR count). The molecule has 2 aromatic rings. The summed E-state index contributed by atoms with van der Waals surface area (Å²) in [4.78, 5) is 0. The Bertz CT molecular complexity index is 1140. The van der Waals surface area contributed by atoms with Crippen molar-refractivity contribution < 1.29 is 17.5 Å². The summed E-state index contributed by atoms with van der Waals surface area (Å²) in [6.45, 7) is 5.11. The predicted molar refractivity (Wildman–Crippen MR) is 132 cm³/mol. The van der Waals surface area contributed by atoms with Gasteiger partial charge in [-0.05, 0) is 38.5 Å². The molecule has 0 atom stereocenters. The van der Waals surface area contributed by atoms with Crippen LogP contribution in [-0.2, 0) is 15.5 Å². The van der Waals surface area contributed by atoms with Crippen LogP contribution < -0.4 is 5.32 Å². The molecule has 5 nitrogen and oxygen atoms in total. The van der Waals surface area contributed by atoms with E-state index in [-0.39, 0.29) is 11.2 Å². The van der Waals surface area contributed by atoms with Gasteiger partial charge in [0.1, 0.15) is 6.54 Å². The Morgan fingerprint density at radius 2 is 1.62 bits per heavy atom. The van der Waals surface area contributed by atoms with E-state index in [9.17, 15) is 8.42 Å². The molecule has 0 amide bonds. The van der Waals surface area contributed by atoms with Crippen LogP contribution in [0.5, 0.6) is 0 Å². The summed E-state index contributed by atoms with van der Waals surface area (Å²) in [6, 6.07) is 18.3. The monoisotopic (exact) mass is 451 g/mol. The summed E-state index contributed by atoms with van der Waals surface area (Å²) >= 11 is 0. The van der Waals surface area contributed by atoms with Crippen LogP contribution in [0, 0.1) is 0 Å². The van der Waals surface area contributed by atoms with Gasteiger partial charge in [0.25, 0.3) is 10.1 Å². The van der Waals surface area contributed by atoms with Gasteiger partial charge in [0.15, 0.2) is 5.71 Å². The third-order valence-corrected chi connectivity index (χ3v) is 6.35. The summed E-state index contributed by atoms with van der Waals surface area (Å²) in [5, 5.41) is 3.22. The van der Waals surface area contributed by atoms with Crippen molar-refractivity contribution in [3.8, 4) is 0 Å². The number of nitrogens with one attached hydrogen (secondary N) is 1. The van der Waals surface area contributed by atoms with Gasteiger partial charge in [0, 0.05) is 36.0 Å². The largest absolute Gasteiger partial charge is 0.362 e. The molecule has 168 valence electrons. The zero-order chi connectivity index (χ0) is 23.0. The van der Waals surface area contributed by atoms with Crippen molar-refractivity contribution >= 4 is 27.2 Å². The first-order valence-electron chi connectivity index (χ1n) is 10.8. The molecular formula is C26H31N2O3S+. The molecular weight excluding hydrogens is 420 g/mol. The first kappa shape index (κ1) is 23.7. The highest BCUT2D eigenvalue weighted by atomic mass is 32.2. The van der Waals surface area contributed by atoms with Crippen LogP contribution in [0.1, 0.15) is 32.3 Å². The average Bonchev–Trinajstić information content (AvgIpc) is 2.97. The van der Waals surface area contributed by atoms with Gasteiger partial charge < -0.3 is 5.32 Å². The fourth-order valence-corrected chi connectivity index (χ4v) is 4.51. The molecule has 32 heavy (non-hydrogen) atoms. The van der Waals surface area contributed by atoms with Gasteiger partial charge in [0.2, 0.25) is 5.69 Å². The van der Waals surface area contributed by atoms with E-state index in [4.69, 9.17) is 4.55 Å². The maximum atomic E-state index is 11.0. The van der Waals surface area contributed by atoms with Gasteiger partial charge >= 0.3 is 0 Å². The van der Waals surface area contributed by atoms with Crippen molar-refractivity contribution in [2.45, 2.75) is 32.1 Å². The molecule has 0 bridgehead atoms. The first-order chi connectivity index (χ1) is 15.3. The van der Waals surface area contributed by atoms with Crippen LogP contribution in [0.4, 0.5) is 11.4 Å². The zero-order valence-corrected chi connectivity index (χ0v) is 19.4. The number of nitrogens with zero attached hydrogens (tertiary/aromatic N) is 1. The van der Waals surface area contributed by atoms with Crippen molar-refractivity contribution in [1.82, 2.24) is 0 Å². The molecule has 0 saturated heterocycles. The molecule has 0 radical (unpaired) electrons. The van der Waals surface area contributed by atoms with Crippen molar-refractivity contribution in [3.05, 3.63) is 96.7 Å². The second-order valence-electron chi connectivity index (χ2n) is 8.29. The minimum atomic E-state index is -3.92. The number of fused-ring (bicyclic) bond motifs is 1. The summed E-state index contributed by atoms with van der Waals surface area (Å²) in [5.41, 5.74) is 4.46. The van der Waals surface area contributed by atoms with Crippen LogP contribution in [-0.4, -0.2) is 35.6 Å². The van der Waals surface area contributed by atoms with Crippen LogP contribution >= 0.6 is 0 Å². The van der Waals surface area contributed by atoms with Crippen molar-refractivity contribution in [3.63, 3.8) is 0 Å². The number of allylic oxidation sites excluding steroid dienone is 5. The molecule has 1 heterocycles. The SMILES string of the molecule is CC1(C)C(/C=C/C=C/C=C/Nc2ccccc2)=[N+](CCCCS(=O)(=O)O)c2ccccc21. The topological polar surface area (TPSA) is 69.4 Å². The Hall–Kier alpha value is -2.96. The van der Waals surface area contributed by atoms with Crippen molar-refractivity contribution in [1.29, 1.82) is 0 Å². The molecule has 6 heteroatoms. The second kappa shape index (κ2) is 10.6. The Morgan fingerprint density at radius 1 is 0.938 bits per heavy atom. The lowest BCUT2D eigenvalue weighted by Crippen LogP contribution is -2.28. The molecule has 1 aliphatic rings. The molecule has 0 aliphatic carbocycles. The minimum Gasteiger partial charge on any atom is -0.362 e.